The lowest BCUT2D eigenvalue weighted by Crippen LogP contribution is -2.41. The van der Waals surface area contributed by atoms with Crippen LogP contribution in [0, 0.1) is 0 Å². The van der Waals surface area contributed by atoms with Crippen LogP contribution in [0.4, 0.5) is 0 Å². The molecule has 2 heterocycles. The van der Waals surface area contributed by atoms with Crippen molar-refractivity contribution in [2.75, 3.05) is 26.2 Å². The average Bonchev–Trinajstić information content (AvgIpc) is 3.03. The number of hydrogen-bond donors (Lipinski definition) is 0. The second-order valence-electron chi connectivity index (χ2n) is 10.7. The minimum atomic E-state index is -0.422. The molecule has 1 aliphatic rings. The Hall–Kier alpha value is -4.01. The summed E-state index contributed by atoms with van der Waals surface area (Å²) in [5, 5.41) is 0.477. The van der Waals surface area contributed by atoms with Crippen LogP contribution in [0.1, 0.15) is 49.8 Å². The summed E-state index contributed by atoms with van der Waals surface area (Å²) in [5.74, 6) is -0.422. The summed E-state index contributed by atoms with van der Waals surface area (Å²) in [7, 11) is 0. The molecule has 0 atom stereocenters. The molecule has 220 valence electrons. The molecule has 1 fully saturated rings. The number of hydrogen-bond acceptors (Lipinski definition) is 6. The Bertz CT molecular complexity index is 1530. The fourth-order valence-electron chi connectivity index (χ4n) is 5.74. The fourth-order valence-corrected chi connectivity index (χ4v) is 5.74. The highest BCUT2D eigenvalue weighted by molar-refractivity contribution is 5.77. The summed E-state index contributed by atoms with van der Waals surface area (Å²) >= 11 is 0. The van der Waals surface area contributed by atoms with Gasteiger partial charge in [-0.05, 0) is 56.0 Å². The number of benzene rings is 3. The summed E-state index contributed by atoms with van der Waals surface area (Å²) in [6, 6.07) is 27.9. The average molecular weight is 570 g/mol. The van der Waals surface area contributed by atoms with Crippen LogP contribution in [0.2, 0.25) is 0 Å². The van der Waals surface area contributed by atoms with Gasteiger partial charge in [0.05, 0.1) is 30.0 Å². The quantitative estimate of drug-likeness (QED) is 0.229. The maximum atomic E-state index is 13.4. The number of esters is 1. The summed E-state index contributed by atoms with van der Waals surface area (Å²) in [4.78, 5) is 40.8. The van der Waals surface area contributed by atoms with Gasteiger partial charge in [-0.2, -0.15) is 0 Å². The normalized spacial score (nSPS) is 14.4. The Morgan fingerprint density at radius 2 is 1.43 bits per heavy atom. The second kappa shape index (κ2) is 14.2. The predicted molar refractivity (Wildman–Crippen MR) is 164 cm³/mol. The third-order valence-corrected chi connectivity index (χ3v) is 7.90. The highest BCUT2D eigenvalue weighted by atomic mass is 16.5. The van der Waals surface area contributed by atoms with Crippen LogP contribution in [0.15, 0.2) is 94.5 Å². The van der Waals surface area contributed by atoms with Crippen LogP contribution in [0.3, 0.4) is 0 Å². The molecule has 0 amide bonds. The van der Waals surface area contributed by atoms with E-state index in [4.69, 9.17) is 9.47 Å². The van der Waals surface area contributed by atoms with Crippen LogP contribution in [0.25, 0.3) is 10.9 Å². The van der Waals surface area contributed by atoms with Gasteiger partial charge in [0, 0.05) is 26.2 Å². The first-order valence-corrected chi connectivity index (χ1v) is 14.9. The van der Waals surface area contributed by atoms with Gasteiger partial charge in [0.1, 0.15) is 6.10 Å². The molecule has 0 spiro atoms. The lowest BCUT2D eigenvalue weighted by Gasteiger charge is -2.34. The first-order chi connectivity index (χ1) is 20.5. The molecule has 4 aromatic rings. The van der Waals surface area contributed by atoms with E-state index in [-0.39, 0.29) is 43.0 Å². The molecule has 0 saturated carbocycles. The number of carbonyl (C=O) groups excluding carboxylic acids is 1. The Morgan fingerprint density at radius 1 is 0.810 bits per heavy atom. The van der Waals surface area contributed by atoms with Crippen molar-refractivity contribution in [1.29, 1.82) is 0 Å². The van der Waals surface area contributed by atoms with E-state index in [1.165, 1.54) is 0 Å². The Morgan fingerprint density at radius 3 is 2.07 bits per heavy atom. The SMILES string of the molecule is CCOC(=O)CCn1c(=O)c2ccccc2n(CCCN2CCC(OC(c3ccccc3)c3ccccc3)CC2)c1=O. The molecule has 0 bridgehead atoms. The van der Waals surface area contributed by atoms with Crippen LogP contribution in [0.5, 0.6) is 0 Å². The third kappa shape index (κ3) is 7.06. The van der Waals surface area contributed by atoms with E-state index in [0.29, 0.717) is 17.4 Å². The molecular weight excluding hydrogens is 530 g/mol. The molecule has 0 radical (unpaired) electrons. The van der Waals surface area contributed by atoms with Crippen molar-refractivity contribution in [3.05, 3.63) is 117 Å². The number of aromatic nitrogens is 2. The zero-order valence-corrected chi connectivity index (χ0v) is 24.2. The van der Waals surface area contributed by atoms with E-state index in [2.05, 4.69) is 53.4 Å². The number of likely N-dealkylation sites (tertiary alicyclic amines) is 1. The topological polar surface area (TPSA) is 82.8 Å². The van der Waals surface area contributed by atoms with E-state index in [0.717, 1.165) is 54.6 Å². The van der Waals surface area contributed by atoms with Gasteiger partial charge < -0.3 is 14.4 Å². The number of fused-ring (bicyclic) bond motifs is 1. The minimum absolute atomic E-state index is 0.00179. The van der Waals surface area contributed by atoms with Crippen LogP contribution >= 0.6 is 0 Å². The summed E-state index contributed by atoms with van der Waals surface area (Å²) < 4.78 is 14.5. The smallest absolute Gasteiger partial charge is 0.331 e. The van der Waals surface area contributed by atoms with E-state index in [1.807, 2.05) is 24.3 Å². The standard InChI is InChI=1S/C34H39N3O5/c1-2-41-31(38)20-25-37-33(39)29-16-9-10-17-30(29)36(34(37)40)22-11-21-35-23-18-28(19-24-35)42-32(26-12-5-3-6-13-26)27-14-7-4-8-15-27/h3-10,12-17,28,32H,2,11,18-25H2,1H3. The molecule has 0 N–H and O–H groups in total. The molecule has 1 aromatic heterocycles. The molecule has 5 rings (SSSR count). The number of ether oxygens (including phenoxy) is 2. The van der Waals surface area contributed by atoms with E-state index in [9.17, 15) is 14.4 Å². The van der Waals surface area contributed by atoms with Gasteiger partial charge in [0.25, 0.3) is 5.56 Å². The van der Waals surface area contributed by atoms with E-state index in [1.54, 1.807) is 23.6 Å². The molecular formula is C34H39N3O5. The molecule has 0 unspecified atom stereocenters. The largest absolute Gasteiger partial charge is 0.466 e. The summed E-state index contributed by atoms with van der Waals surface area (Å²) in [6.45, 7) is 5.18. The van der Waals surface area contributed by atoms with Crippen molar-refractivity contribution in [2.45, 2.75) is 57.9 Å². The van der Waals surface area contributed by atoms with Crippen LogP contribution in [-0.4, -0.2) is 52.3 Å². The lowest BCUT2D eigenvalue weighted by molar-refractivity contribution is -0.143. The van der Waals surface area contributed by atoms with Gasteiger partial charge in [0.2, 0.25) is 0 Å². The fraction of sp³-hybridized carbons (Fsp3) is 0.382. The Balaban J connectivity index is 1.20. The molecule has 42 heavy (non-hydrogen) atoms. The summed E-state index contributed by atoms with van der Waals surface area (Å²) in [5.41, 5.74) is 2.19. The maximum absolute atomic E-state index is 13.4. The van der Waals surface area contributed by atoms with Crippen molar-refractivity contribution in [3.63, 3.8) is 0 Å². The number of nitrogens with zero attached hydrogens (tertiary/aromatic N) is 3. The molecule has 1 saturated heterocycles. The van der Waals surface area contributed by atoms with Gasteiger partial charge in [0.15, 0.2) is 0 Å². The van der Waals surface area contributed by atoms with Crippen molar-refractivity contribution in [2.24, 2.45) is 0 Å². The molecule has 0 aliphatic carbocycles. The lowest BCUT2D eigenvalue weighted by atomic mass is 10.00. The maximum Gasteiger partial charge on any atom is 0.331 e. The number of carbonyl (C=O) groups is 1. The van der Waals surface area contributed by atoms with E-state index >= 15 is 0 Å². The van der Waals surface area contributed by atoms with Gasteiger partial charge in [-0.25, -0.2) is 4.79 Å². The Labute approximate surface area is 246 Å². The molecule has 1 aliphatic heterocycles. The molecule has 3 aromatic carbocycles. The van der Waals surface area contributed by atoms with Crippen LogP contribution < -0.4 is 11.2 Å². The first kappa shape index (κ1) is 29.5. The van der Waals surface area contributed by atoms with Crippen molar-refractivity contribution in [3.8, 4) is 0 Å². The highest BCUT2D eigenvalue weighted by Gasteiger charge is 2.25. The highest BCUT2D eigenvalue weighted by Crippen LogP contribution is 2.30. The monoisotopic (exact) mass is 569 g/mol. The molecule has 8 heteroatoms. The van der Waals surface area contributed by atoms with Crippen LogP contribution in [-0.2, 0) is 27.4 Å². The van der Waals surface area contributed by atoms with Gasteiger partial charge in [-0.1, -0.05) is 72.8 Å². The number of aryl methyl sites for hydroxylation is 1. The zero-order chi connectivity index (χ0) is 29.3. The first-order valence-electron chi connectivity index (χ1n) is 14.9. The minimum Gasteiger partial charge on any atom is -0.466 e. The number of rotatable bonds is 12. The van der Waals surface area contributed by atoms with Gasteiger partial charge >= 0.3 is 11.7 Å². The van der Waals surface area contributed by atoms with Gasteiger partial charge in [-0.3, -0.25) is 18.7 Å². The number of piperidine rings is 1. The van der Waals surface area contributed by atoms with Gasteiger partial charge in [-0.15, -0.1) is 0 Å². The predicted octanol–water partition coefficient (Wildman–Crippen LogP) is 4.78. The van der Waals surface area contributed by atoms with E-state index < -0.39 is 5.97 Å². The Kier molecular flexibility index (Phi) is 10.0. The summed E-state index contributed by atoms with van der Waals surface area (Å²) in [6.07, 6.45) is 2.70. The zero-order valence-electron chi connectivity index (χ0n) is 24.2. The number of para-hydroxylation sites is 1. The van der Waals surface area contributed by atoms with Crippen molar-refractivity contribution >= 4 is 16.9 Å². The third-order valence-electron chi connectivity index (χ3n) is 7.90. The van der Waals surface area contributed by atoms with Crippen molar-refractivity contribution < 1.29 is 14.3 Å². The second-order valence-corrected chi connectivity index (χ2v) is 10.7. The molecule has 8 nitrogen and oxygen atoms in total. The van der Waals surface area contributed by atoms with Crippen molar-refractivity contribution in [1.82, 2.24) is 14.0 Å².